The van der Waals surface area contributed by atoms with Crippen LogP contribution in [0.3, 0.4) is 0 Å². The molecule has 0 unspecified atom stereocenters. The third-order valence-electron chi connectivity index (χ3n) is 5.21. The lowest BCUT2D eigenvalue weighted by molar-refractivity contribution is 0.0950. The highest BCUT2D eigenvalue weighted by Gasteiger charge is 2.14. The molecule has 1 N–H and O–H groups in total. The Morgan fingerprint density at radius 1 is 1.00 bits per heavy atom. The molecule has 0 fully saturated rings. The van der Waals surface area contributed by atoms with Gasteiger partial charge in [0.05, 0.1) is 0 Å². The predicted molar refractivity (Wildman–Crippen MR) is 103 cm³/mol. The number of hydrogen-bond donors (Lipinski definition) is 1. The van der Waals surface area contributed by atoms with Crippen LogP contribution < -0.4 is 5.32 Å². The van der Waals surface area contributed by atoms with Crippen molar-refractivity contribution < 1.29 is 4.79 Å². The monoisotopic (exact) mass is 336 g/mol. The Balaban J connectivity index is 1.66. The predicted octanol–water partition coefficient (Wildman–Crippen LogP) is 3.95. The van der Waals surface area contributed by atoms with Crippen molar-refractivity contribution in [1.82, 2.24) is 10.2 Å². The Hall–Kier alpha value is -2.13. The summed E-state index contributed by atoms with van der Waals surface area (Å²) in [6.45, 7) is 7.94. The van der Waals surface area contributed by atoms with E-state index in [4.69, 9.17) is 0 Å². The molecule has 0 radical (unpaired) electrons. The number of hydrogen-bond acceptors (Lipinski definition) is 2. The highest BCUT2D eigenvalue weighted by Crippen LogP contribution is 2.22. The third kappa shape index (κ3) is 4.29. The van der Waals surface area contributed by atoms with Gasteiger partial charge in [0.1, 0.15) is 0 Å². The van der Waals surface area contributed by atoms with E-state index >= 15 is 0 Å². The van der Waals surface area contributed by atoms with Crippen molar-refractivity contribution in [3.8, 4) is 0 Å². The quantitative estimate of drug-likeness (QED) is 0.830. The van der Waals surface area contributed by atoms with Crippen molar-refractivity contribution in [3.63, 3.8) is 0 Å². The minimum atomic E-state index is 0.0207. The molecule has 0 bridgehead atoms. The van der Waals surface area contributed by atoms with Gasteiger partial charge in [-0.25, -0.2) is 0 Å². The standard InChI is InChI=1S/C22H28N2O/c1-3-24(4-2)16-21-9-6-5-8-20(21)15-23-22(25)19-13-12-17-10-7-11-18(17)14-19/h5-6,8-9,12-14H,3-4,7,10-11,15-16H2,1-2H3,(H,23,25). The summed E-state index contributed by atoms with van der Waals surface area (Å²) in [5.74, 6) is 0.0207. The summed E-state index contributed by atoms with van der Waals surface area (Å²) < 4.78 is 0. The fraction of sp³-hybridized carbons (Fsp3) is 0.409. The van der Waals surface area contributed by atoms with Gasteiger partial charge in [0.25, 0.3) is 5.91 Å². The fourth-order valence-electron chi connectivity index (χ4n) is 3.56. The summed E-state index contributed by atoms with van der Waals surface area (Å²) in [5.41, 5.74) is 6.02. The van der Waals surface area contributed by atoms with Crippen LogP contribution in [0.5, 0.6) is 0 Å². The zero-order valence-corrected chi connectivity index (χ0v) is 15.3. The van der Waals surface area contributed by atoms with Crippen molar-refractivity contribution in [2.45, 2.75) is 46.2 Å². The molecule has 3 rings (SSSR count). The van der Waals surface area contributed by atoms with Gasteiger partial charge in [0, 0.05) is 18.7 Å². The second-order valence-corrected chi connectivity index (χ2v) is 6.75. The first-order valence-corrected chi connectivity index (χ1v) is 9.40. The average Bonchev–Trinajstić information content (AvgIpc) is 3.12. The van der Waals surface area contributed by atoms with Crippen LogP contribution in [0.15, 0.2) is 42.5 Å². The van der Waals surface area contributed by atoms with Crippen molar-refractivity contribution in [2.24, 2.45) is 0 Å². The van der Waals surface area contributed by atoms with Gasteiger partial charge in [-0.3, -0.25) is 9.69 Å². The Morgan fingerprint density at radius 3 is 2.48 bits per heavy atom. The molecule has 132 valence electrons. The van der Waals surface area contributed by atoms with Gasteiger partial charge in [0.15, 0.2) is 0 Å². The Labute approximate surface area is 151 Å². The van der Waals surface area contributed by atoms with Crippen LogP contribution in [-0.4, -0.2) is 23.9 Å². The van der Waals surface area contributed by atoms with E-state index in [0.717, 1.165) is 38.0 Å². The van der Waals surface area contributed by atoms with Crippen molar-refractivity contribution >= 4 is 5.91 Å². The van der Waals surface area contributed by atoms with E-state index in [1.807, 2.05) is 12.1 Å². The number of carbonyl (C=O) groups excluding carboxylic acids is 1. The summed E-state index contributed by atoms with van der Waals surface area (Å²) in [5, 5.41) is 3.10. The second-order valence-electron chi connectivity index (χ2n) is 6.75. The molecule has 0 spiro atoms. The Bertz CT molecular complexity index is 735. The summed E-state index contributed by atoms with van der Waals surface area (Å²) >= 11 is 0. The number of benzene rings is 2. The molecule has 0 saturated carbocycles. The first-order valence-electron chi connectivity index (χ1n) is 9.40. The molecule has 0 saturated heterocycles. The molecule has 3 heteroatoms. The lowest BCUT2D eigenvalue weighted by Crippen LogP contribution is -2.26. The largest absolute Gasteiger partial charge is 0.348 e. The van der Waals surface area contributed by atoms with Gasteiger partial charge < -0.3 is 5.32 Å². The molecule has 1 amide bonds. The van der Waals surface area contributed by atoms with Crippen LogP contribution in [0.1, 0.15) is 52.9 Å². The van der Waals surface area contributed by atoms with Gasteiger partial charge in [-0.1, -0.05) is 44.2 Å². The summed E-state index contributed by atoms with van der Waals surface area (Å²) in [7, 11) is 0. The Kier molecular flexibility index (Phi) is 5.87. The Morgan fingerprint density at radius 2 is 1.72 bits per heavy atom. The lowest BCUT2D eigenvalue weighted by atomic mass is 10.0. The molecule has 0 aliphatic heterocycles. The summed E-state index contributed by atoms with van der Waals surface area (Å²) in [4.78, 5) is 14.9. The highest BCUT2D eigenvalue weighted by molar-refractivity contribution is 5.94. The first kappa shape index (κ1) is 17.7. The molecule has 1 aliphatic rings. The molecule has 0 heterocycles. The molecule has 1 aliphatic carbocycles. The molecule has 0 atom stereocenters. The van der Waals surface area contributed by atoms with Crippen LogP contribution in [0, 0.1) is 0 Å². The van der Waals surface area contributed by atoms with Gasteiger partial charge >= 0.3 is 0 Å². The molecule has 2 aromatic rings. The minimum Gasteiger partial charge on any atom is -0.348 e. The zero-order chi connectivity index (χ0) is 17.6. The molecule has 3 nitrogen and oxygen atoms in total. The van der Waals surface area contributed by atoms with E-state index in [9.17, 15) is 4.79 Å². The van der Waals surface area contributed by atoms with E-state index in [0.29, 0.717) is 6.54 Å². The lowest BCUT2D eigenvalue weighted by Gasteiger charge is -2.20. The maximum absolute atomic E-state index is 12.5. The zero-order valence-electron chi connectivity index (χ0n) is 15.3. The van der Waals surface area contributed by atoms with E-state index in [1.54, 1.807) is 0 Å². The molecule has 25 heavy (non-hydrogen) atoms. The third-order valence-corrected chi connectivity index (χ3v) is 5.21. The van der Waals surface area contributed by atoms with Crippen LogP contribution in [0.2, 0.25) is 0 Å². The summed E-state index contributed by atoms with van der Waals surface area (Å²) in [6, 6.07) is 14.5. The molecular formula is C22H28N2O. The van der Waals surface area contributed by atoms with E-state index in [2.05, 4.69) is 54.4 Å². The van der Waals surface area contributed by atoms with Gasteiger partial charge in [-0.15, -0.1) is 0 Å². The van der Waals surface area contributed by atoms with Crippen LogP contribution in [0.4, 0.5) is 0 Å². The minimum absolute atomic E-state index is 0.0207. The molecule has 0 aromatic heterocycles. The van der Waals surface area contributed by atoms with Gasteiger partial charge in [0.2, 0.25) is 0 Å². The van der Waals surface area contributed by atoms with Crippen molar-refractivity contribution in [1.29, 1.82) is 0 Å². The number of nitrogens with one attached hydrogen (secondary N) is 1. The maximum atomic E-state index is 12.5. The molecule has 2 aromatic carbocycles. The van der Waals surface area contributed by atoms with Gasteiger partial charge in [-0.05, 0) is 66.7 Å². The van der Waals surface area contributed by atoms with E-state index < -0.39 is 0 Å². The maximum Gasteiger partial charge on any atom is 0.251 e. The number of aryl methyl sites for hydroxylation is 2. The second kappa shape index (κ2) is 8.30. The first-order chi connectivity index (χ1) is 12.2. The number of amides is 1. The SMILES string of the molecule is CCN(CC)Cc1ccccc1CNC(=O)c1ccc2c(c1)CCC2. The average molecular weight is 336 g/mol. The number of nitrogens with zero attached hydrogens (tertiary/aromatic N) is 1. The van der Waals surface area contributed by atoms with Gasteiger partial charge in [-0.2, -0.15) is 0 Å². The summed E-state index contributed by atoms with van der Waals surface area (Å²) in [6.07, 6.45) is 3.46. The van der Waals surface area contributed by atoms with Crippen molar-refractivity contribution in [3.05, 3.63) is 70.3 Å². The highest BCUT2D eigenvalue weighted by atomic mass is 16.1. The topological polar surface area (TPSA) is 32.3 Å². The molecular weight excluding hydrogens is 308 g/mol. The van der Waals surface area contributed by atoms with Crippen LogP contribution in [-0.2, 0) is 25.9 Å². The van der Waals surface area contributed by atoms with E-state index in [-0.39, 0.29) is 5.91 Å². The number of rotatable bonds is 7. The fourth-order valence-corrected chi connectivity index (χ4v) is 3.56. The normalized spacial score (nSPS) is 13.1. The number of fused-ring (bicyclic) bond motifs is 1. The number of carbonyl (C=O) groups is 1. The van der Waals surface area contributed by atoms with E-state index in [1.165, 1.54) is 28.7 Å². The van der Waals surface area contributed by atoms with Crippen LogP contribution >= 0.6 is 0 Å². The smallest absolute Gasteiger partial charge is 0.251 e. The van der Waals surface area contributed by atoms with Crippen molar-refractivity contribution in [2.75, 3.05) is 13.1 Å². The van der Waals surface area contributed by atoms with Crippen LogP contribution in [0.25, 0.3) is 0 Å².